The summed E-state index contributed by atoms with van der Waals surface area (Å²) in [6, 6.07) is 21.7. The van der Waals surface area contributed by atoms with Crippen LogP contribution in [0.4, 0.5) is 11.4 Å². The van der Waals surface area contributed by atoms with Crippen molar-refractivity contribution in [2.24, 2.45) is 0 Å². The van der Waals surface area contributed by atoms with Crippen LogP contribution in [0.1, 0.15) is 11.1 Å². The smallest absolute Gasteiger partial charge is 0.264 e. The van der Waals surface area contributed by atoms with Gasteiger partial charge in [0.15, 0.2) is 0 Å². The molecule has 0 N–H and O–H groups in total. The second-order valence-electron chi connectivity index (χ2n) is 8.39. The Bertz CT molecular complexity index is 1260. The van der Waals surface area contributed by atoms with E-state index in [1.807, 2.05) is 12.1 Å². The first-order valence-electron chi connectivity index (χ1n) is 11.2. The number of anilines is 2. The molecule has 1 aliphatic heterocycles. The number of carbonyl (C=O) groups excluding carboxylic acids is 1. The van der Waals surface area contributed by atoms with Gasteiger partial charge < -0.3 is 9.80 Å². The van der Waals surface area contributed by atoms with Crippen molar-refractivity contribution in [1.82, 2.24) is 4.90 Å². The molecular weight excluding hydrogens is 561 g/mol. The number of aryl methyl sites for hydroxylation is 1. The third-order valence-corrected chi connectivity index (χ3v) is 8.78. The van der Waals surface area contributed by atoms with Crippen molar-refractivity contribution in [2.45, 2.75) is 18.7 Å². The number of nitrogens with zero attached hydrogens (tertiary/aromatic N) is 3. The average molecular weight is 589 g/mol. The molecular formula is C26H28IN3O3S. The average Bonchev–Trinajstić information content (AvgIpc) is 2.85. The number of benzene rings is 3. The molecule has 0 radical (unpaired) electrons. The minimum Gasteiger partial charge on any atom is -0.368 e. The first-order chi connectivity index (χ1) is 16.3. The summed E-state index contributed by atoms with van der Waals surface area (Å²) in [6.07, 6.45) is 0. The van der Waals surface area contributed by atoms with E-state index in [4.69, 9.17) is 0 Å². The Hall–Kier alpha value is -2.59. The lowest BCUT2D eigenvalue weighted by Gasteiger charge is -2.38. The topological polar surface area (TPSA) is 60.9 Å². The number of hydrogen-bond acceptors (Lipinski definition) is 4. The highest BCUT2D eigenvalue weighted by molar-refractivity contribution is 14.1. The fourth-order valence-corrected chi connectivity index (χ4v) is 5.93. The molecule has 1 heterocycles. The molecule has 0 aromatic heterocycles. The van der Waals surface area contributed by atoms with Crippen molar-refractivity contribution in [2.75, 3.05) is 41.9 Å². The fourth-order valence-electron chi connectivity index (χ4n) is 4.14. The Morgan fingerprint density at radius 1 is 0.882 bits per heavy atom. The SMILES string of the molecule is Cc1cccc(N2CCN(C(=O)CN(c3ccc(I)cc3)S(=O)(=O)c3ccccc3)CC2)c1C. The normalized spacial score (nSPS) is 14.2. The van der Waals surface area contributed by atoms with E-state index in [0.717, 1.165) is 3.57 Å². The van der Waals surface area contributed by atoms with Crippen LogP contribution in [0.15, 0.2) is 77.7 Å². The van der Waals surface area contributed by atoms with Gasteiger partial charge in [-0.15, -0.1) is 0 Å². The highest BCUT2D eigenvalue weighted by Crippen LogP contribution is 2.26. The van der Waals surface area contributed by atoms with Crippen LogP contribution >= 0.6 is 22.6 Å². The second-order valence-corrected chi connectivity index (χ2v) is 11.5. The molecule has 0 bridgehead atoms. The van der Waals surface area contributed by atoms with Gasteiger partial charge in [-0.05, 0) is 90.0 Å². The molecule has 178 valence electrons. The van der Waals surface area contributed by atoms with E-state index in [2.05, 4.69) is 59.5 Å². The number of sulfonamides is 1. The van der Waals surface area contributed by atoms with Crippen LogP contribution in [-0.4, -0.2) is 51.9 Å². The highest BCUT2D eigenvalue weighted by Gasteiger charge is 2.30. The number of hydrogen-bond donors (Lipinski definition) is 0. The van der Waals surface area contributed by atoms with Crippen molar-refractivity contribution in [3.63, 3.8) is 0 Å². The van der Waals surface area contributed by atoms with Crippen molar-refractivity contribution < 1.29 is 13.2 Å². The number of piperazine rings is 1. The number of carbonyl (C=O) groups is 1. The van der Waals surface area contributed by atoms with Crippen LogP contribution in [0.25, 0.3) is 0 Å². The first kappa shape index (κ1) is 24.5. The zero-order valence-electron chi connectivity index (χ0n) is 19.3. The van der Waals surface area contributed by atoms with E-state index in [1.165, 1.54) is 21.1 Å². The Morgan fingerprint density at radius 2 is 1.53 bits per heavy atom. The van der Waals surface area contributed by atoms with Gasteiger partial charge in [0.05, 0.1) is 10.6 Å². The maximum Gasteiger partial charge on any atom is 0.264 e. The molecule has 3 aromatic rings. The van der Waals surface area contributed by atoms with Gasteiger partial charge in [0.1, 0.15) is 6.54 Å². The summed E-state index contributed by atoms with van der Waals surface area (Å²) in [4.78, 5) is 17.5. The molecule has 6 nitrogen and oxygen atoms in total. The Labute approximate surface area is 215 Å². The molecule has 0 saturated carbocycles. The van der Waals surface area contributed by atoms with E-state index in [0.29, 0.717) is 31.9 Å². The molecule has 0 atom stereocenters. The standard InChI is InChI=1S/C26H28IN3O3S/c1-20-7-6-10-25(21(20)2)28-15-17-29(18-16-28)26(31)19-30(23-13-11-22(27)12-14-23)34(32,33)24-8-4-3-5-9-24/h3-14H,15-19H2,1-2H3. The molecule has 1 aliphatic rings. The maximum atomic E-state index is 13.5. The molecule has 8 heteroatoms. The predicted molar refractivity (Wildman–Crippen MR) is 145 cm³/mol. The van der Waals surface area contributed by atoms with E-state index >= 15 is 0 Å². The van der Waals surface area contributed by atoms with Gasteiger partial charge in [0, 0.05) is 35.4 Å². The highest BCUT2D eigenvalue weighted by atomic mass is 127. The second kappa shape index (κ2) is 10.4. The molecule has 3 aromatic carbocycles. The van der Waals surface area contributed by atoms with Crippen LogP contribution < -0.4 is 9.21 Å². The van der Waals surface area contributed by atoms with Crippen molar-refractivity contribution >= 4 is 49.9 Å². The molecule has 0 unspecified atom stereocenters. The summed E-state index contributed by atoms with van der Waals surface area (Å²) in [5, 5.41) is 0. The molecule has 1 saturated heterocycles. The first-order valence-corrected chi connectivity index (χ1v) is 13.7. The van der Waals surface area contributed by atoms with Crippen LogP contribution in [0.2, 0.25) is 0 Å². The largest absolute Gasteiger partial charge is 0.368 e. The van der Waals surface area contributed by atoms with Crippen molar-refractivity contribution in [3.8, 4) is 0 Å². The van der Waals surface area contributed by atoms with E-state index in [9.17, 15) is 13.2 Å². The number of rotatable bonds is 6. The van der Waals surface area contributed by atoms with E-state index in [-0.39, 0.29) is 17.3 Å². The van der Waals surface area contributed by atoms with Gasteiger partial charge in [0.2, 0.25) is 5.91 Å². The van der Waals surface area contributed by atoms with E-state index in [1.54, 1.807) is 47.4 Å². The predicted octanol–water partition coefficient (Wildman–Crippen LogP) is 4.45. The van der Waals surface area contributed by atoms with Gasteiger partial charge >= 0.3 is 0 Å². The number of halogens is 1. The van der Waals surface area contributed by atoms with Crippen LogP contribution in [0, 0.1) is 17.4 Å². The summed E-state index contributed by atoms with van der Waals surface area (Å²) in [5.41, 5.74) is 4.17. The molecule has 4 rings (SSSR count). The third kappa shape index (κ3) is 5.22. The minimum absolute atomic E-state index is 0.168. The molecule has 1 fully saturated rings. The van der Waals surface area contributed by atoms with Gasteiger partial charge in [-0.1, -0.05) is 30.3 Å². The monoisotopic (exact) mass is 589 g/mol. The number of amides is 1. The van der Waals surface area contributed by atoms with Gasteiger partial charge in [-0.25, -0.2) is 8.42 Å². The minimum atomic E-state index is -3.89. The molecule has 1 amide bonds. The lowest BCUT2D eigenvalue weighted by atomic mass is 10.1. The summed E-state index contributed by atoms with van der Waals surface area (Å²) in [5.74, 6) is -0.196. The summed E-state index contributed by atoms with van der Waals surface area (Å²) in [6.45, 7) is 6.52. The Morgan fingerprint density at radius 3 is 2.18 bits per heavy atom. The molecule has 0 aliphatic carbocycles. The van der Waals surface area contributed by atoms with Crippen molar-refractivity contribution in [1.29, 1.82) is 0 Å². The van der Waals surface area contributed by atoms with Gasteiger partial charge in [0.25, 0.3) is 10.0 Å². The maximum absolute atomic E-state index is 13.5. The summed E-state index contributed by atoms with van der Waals surface area (Å²) >= 11 is 2.18. The molecule has 0 spiro atoms. The fraction of sp³-hybridized carbons (Fsp3) is 0.269. The third-order valence-electron chi connectivity index (χ3n) is 6.27. The Balaban J connectivity index is 1.52. The summed E-state index contributed by atoms with van der Waals surface area (Å²) < 4.78 is 29.2. The van der Waals surface area contributed by atoms with Crippen LogP contribution in [0.5, 0.6) is 0 Å². The zero-order valence-corrected chi connectivity index (χ0v) is 22.3. The van der Waals surface area contributed by atoms with Gasteiger partial charge in [-0.3, -0.25) is 9.10 Å². The molecule has 34 heavy (non-hydrogen) atoms. The Kier molecular flexibility index (Phi) is 7.47. The van der Waals surface area contributed by atoms with Crippen LogP contribution in [-0.2, 0) is 14.8 Å². The quantitative estimate of drug-likeness (QED) is 0.399. The van der Waals surface area contributed by atoms with E-state index < -0.39 is 10.0 Å². The lowest BCUT2D eigenvalue weighted by Crippen LogP contribution is -2.52. The van der Waals surface area contributed by atoms with Gasteiger partial charge in [-0.2, -0.15) is 0 Å². The lowest BCUT2D eigenvalue weighted by molar-refractivity contribution is -0.129. The van der Waals surface area contributed by atoms with Crippen molar-refractivity contribution in [3.05, 3.63) is 87.5 Å². The zero-order chi connectivity index (χ0) is 24.3. The van der Waals surface area contributed by atoms with Crippen LogP contribution in [0.3, 0.4) is 0 Å². The summed E-state index contributed by atoms with van der Waals surface area (Å²) in [7, 11) is -3.89.